The van der Waals surface area contributed by atoms with Gasteiger partial charge in [-0.1, -0.05) is 18.9 Å². The van der Waals surface area contributed by atoms with E-state index in [2.05, 4.69) is 15.6 Å². The Morgan fingerprint density at radius 3 is 2.65 bits per heavy atom. The predicted octanol–water partition coefficient (Wildman–Crippen LogP) is 3.58. The minimum atomic E-state index is -0.380. The van der Waals surface area contributed by atoms with Gasteiger partial charge in [0.15, 0.2) is 5.96 Å². The highest BCUT2D eigenvalue weighted by atomic mass is 127. The van der Waals surface area contributed by atoms with Gasteiger partial charge in [0.2, 0.25) is 0 Å². The number of benzene rings is 1. The van der Waals surface area contributed by atoms with Crippen molar-refractivity contribution in [2.75, 3.05) is 27.3 Å². The Balaban J connectivity index is 0.00000338. The van der Waals surface area contributed by atoms with E-state index >= 15 is 0 Å². The van der Waals surface area contributed by atoms with E-state index in [0.29, 0.717) is 23.6 Å². The normalized spacial score (nSPS) is 15.8. The van der Waals surface area contributed by atoms with Crippen molar-refractivity contribution < 1.29 is 9.13 Å². The fraction of sp³-hybridized carbons (Fsp3) is 0.579. The molecule has 1 aliphatic carbocycles. The SMILES string of the molecule is CN=C(NCc1ccc(C#N)cc1F)NCC1(CCOC)CCCC1.I. The first-order chi connectivity index (χ1) is 12.1. The Morgan fingerprint density at radius 2 is 2.08 bits per heavy atom. The summed E-state index contributed by atoms with van der Waals surface area (Å²) in [6.45, 7) is 1.93. The monoisotopic (exact) mass is 474 g/mol. The molecule has 1 fully saturated rings. The van der Waals surface area contributed by atoms with Gasteiger partial charge in [-0.15, -0.1) is 24.0 Å². The van der Waals surface area contributed by atoms with Gasteiger partial charge in [0, 0.05) is 39.4 Å². The molecule has 0 atom stereocenters. The lowest BCUT2D eigenvalue weighted by Gasteiger charge is -2.30. The molecule has 7 heteroatoms. The van der Waals surface area contributed by atoms with Crippen molar-refractivity contribution in [3.8, 4) is 6.07 Å². The lowest BCUT2D eigenvalue weighted by Crippen LogP contribution is -2.43. The number of aliphatic imine (C=N–C) groups is 1. The number of guanidine groups is 1. The Morgan fingerprint density at radius 1 is 1.35 bits per heavy atom. The smallest absolute Gasteiger partial charge is 0.191 e. The molecule has 0 heterocycles. The van der Waals surface area contributed by atoms with Gasteiger partial charge < -0.3 is 15.4 Å². The maximum absolute atomic E-state index is 14.0. The zero-order valence-electron chi connectivity index (χ0n) is 15.5. The fourth-order valence-corrected chi connectivity index (χ4v) is 3.39. The zero-order valence-corrected chi connectivity index (χ0v) is 17.8. The van der Waals surface area contributed by atoms with Gasteiger partial charge in [-0.25, -0.2) is 4.39 Å². The second-order valence-electron chi connectivity index (χ2n) is 6.65. The number of methoxy groups -OCH3 is 1. The van der Waals surface area contributed by atoms with Crippen LogP contribution in [0.5, 0.6) is 0 Å². The summed E-state index contributed by atoms with van der Waals surface area (Å²) in [5.41, 5.74) is 1.09. The summed E-state index contributed by atoms with van der Waals surface area (Å²) < 4.78 is 19.2. The van der Waals surface area contributed by atoms with E-state index in [9.17, 15) is 4.39 Å². The van der Waals surface area contributed by atoms with E-state index in [1.807, 2.05) is 6.07 Å². The van der Waals surface area contributed by atoms with Crippen molar-refractivity contribution in [2.45, 2.75) is 38.6 Å². The highest BCUT2D eigenvalue weighted by Gasteiger charge is 2.33. The Bertz CT molecular complexity index is 639. The van der Waals surface area contributed by atoms with Crippen LogP contribution in [0.3, 0.4) is 0 Å². The molecule has 26 heavy (non-hydrogen) atoms. The second-order valence-corrected chi connectivity index (χ2v) is 6.65. The Kier molecular flexibility index (Phi) is 9.88. The molecule has 0 unspecified atom stereocenters. The van der Waals surface area contributed by atoms with Crippen LogP contribution in [0.1, 0.15) is 43.2 Å². The minimum absolute atomic E-state index is 0. The molecule has 0 amide bonds. The second kappa shape index (κ2) is 11.3. The number of rotatable bonds is 7. The number of nitrogens with zero attached hydrogens (tertiary/aromatic N) is 2. The van der Waals surface area contributed by atoms with Gasteiger partial charge in [0.05, 0.1) is 11.6 Å². The largest absolute Gasteiger partial charge is 0.385 e. The van der Waals surface area contributed by atoms with Crippen LogP contribution in [0.4, 0.5) is 4.39 Å². The van der Waals surface area contributed by atoms with E-state index in [-0.39, 0.29) is 35.2 Å². The zero-order chi connectivity index (χ0) is 18.1. The van der Waals surface area contributed by atoms with Gasteiger partial charge in [0.1, 0.15) is 5.82 Å². The fourth-order valence-electron chi connectivity index (χ4n) is 3.39. The van der Waals surface area contributed by atoms with E-state index in [0.717, 1.165) is 19.6 Å². The summed E-state index contributed by atoms with van der Waals surface area (Å²) >= 11 is 0. The van der Waals surface area contributed by atoms with Gasteiger partial charge in [-0.05, 0) is 36.8 Å². The molecule has 2 N–H and O–H groups in total. The topological polar surface area (TPSA) is 69.4 Å². The standard InChI is InChI=1S/C19H27FN4O.HI/c1-22-18(23-13-16-6-5-15(12-21)11-17(16)20)24-14-19(9-10-25-2)7-3-4-8-19;/h5-6,11H,3-4,7-10,13-14H2,1-2H3,(H2,22,23,24);1H. The molecule has 1 aliphatic rings. The maximum Gasteiger partial charge on any atom is 0.191 e. The van der Waals surface area contributed by atoms with Gasteiger partial charge >= 0.3 is 0 Å². The van der Waals surface area contributed by atoms with Crippen LogP contribution in [-0.2, 0) is 11.3 Å². The molecule has 0 spiro atoms. The molecule has 0 aliphatic heterocycles. The molecular formula is C19H28FIN4O. The number of nitriles is 1. The van der Waals surface area contributed by atoms with E-state index in [1.165, 1.54) is 31.7 Å². The predicted molar refractivity (Wildman–Crippen MR) is 112 cm³/mol. The van der Waals surface area contributed by atoms with Crippen LogP contribution in [0, 0.1) is 22.6 Å². The molecule has 0 saturated heterocycles. The van der Waals surface area contributed by atoms with Crippen molar-refractivity contribution in [3.63, 3.8) is 0 Å². The Labute approximate surface area is 172 Å². The lowest BCUT2D eigenvalue weighted by molar-refractivity contribution is 0.138. The van der Waals surface area contributed by atoms with Gasteiger partial charge in [-0.2, -0.15) is 5.26 Å². The van der Waals surface area contributed by atoms with Crippen LogP contribution in [0.25, 0.3) is 0 Å². The molecule has 0 aromatic heterocycles. The van der Waals surface area contributed by atoms with Crippen molar-refractivity contribution in [2.24, 2.45) is 10.4 Å². The lowest BCUT2D eigenvalue weighted by atomic mass is 9.83. The number of nitrogens with one attached hydrogen (secondary N) is 2. The van der Waals surface area contributed by atoms with Crippen LogP contribution in [-0.4, -0.2) is 33.3 Å². The molecule has 2 rings (SSSR count). The highest BCUT2D eigenvalue weighted by Crippen LogP contribution is 2.40. The first kappa shape index (κ1) is 22.6. The van der Waals surface area contributed by atoms with Crippen molar-refractivity contribution in [1.29, 1.82) is 5.26 Å². The van der Waals surface area contributed by atoms with Gasteiger partial charge in [-0.3, -0.25) is 4.99 Å². The number of hydrogen-bond acceptors (Lipinski definition) is 3. The summed E-state index contributed by atoms with van der Waals surface area (Å²) in [4.78, 5) is 4.23. The highest BCUT2D eigenvalue weighted by molar-refractivity contribution is 14.0. The summed E-state index contributed by atoms with van der Waals surface area (Å²) in [6, 6.07) is 6.44. The third-order valence-corrected chi connectivity index (χ3v) is 4.98. The van der Waals surface area contributed by atoms with Crippen molar-refractivity contribution >= 4 is 29.9 Å². The molecule has 5 nitrogen and oxygen atoms in total. The Hall–Kier alpha value is -1.40. The molecule has 0 bridgehead atoms. The van der Waals surface area contributed by atoms with Gasteiger partial charge in [0.25, 0.3) is 0 Å². The number of hydrogen-bond donors (Lipinski definition) is 2. The van der Waals surface area contributed by atoms with Crippen LogP contribution in [0.15, 0.2) is 23.2 Å². The van der Waals surface area contributed by atoms with Crippen LogP contribution in [0.2, 0.25) is 0 Å². The van der Waals surface area contributed by atoms with E-state index in [1.54, 1.807) is 26.3 Å². The maximum atomic E-state index is 14.0. The third-order valence-electron chi connectivity index (χ3n) is 4.98. The summed E-state index contributed by atoms with van der Waals surface area (Å²) in [6.07, 6.45) is 5.95. The first-order valence-electron chi connectivity index (χ1n) is 8.74. The molecule has 1 saturated carbocycles. The van der Waals surface area contributed by atoms with E-state index < -0.39 is 0 Å². The molecule has 144 valence electrons. The van der Waals surface area contributed by atoms with Crippen molar-refractivity contribution in [3.05, 3.63) is 35.1 Å². The van der Waals surface area contributed by atoms with Crippen molar-refractivity contribution in [1.82, 2.24) is 10.6 Å². The molecule has 1 aromatic carbocycles. The number of ether oxygens (including phenoxy) is 1. The summed E-state index contributed by atoms with van der Waals surface area (Å²) in [5, 5.41) is 15.3. The quantitative estimate of drug-likeness (QED) is 0.360. The summed E-state index contributed by atoms with van der Waals surface area (Å²) in [5.74, 6) is 0.279. The van der Waals surface area contributed by atoms with Crippen LogP contribution >= 0.6 is 24.0 Å². The molecule has 1 aromatic rings. The first-order valence-corrected chi connectivity index (χ1v) is 8.74. The molecule has 0 radical (unpaired) electrons. The average molecular weight is 474 g/mol. The summed E-state index contributed by atoms with van der Waals surface area (Å²) in [7, 11) is 3.45. The molecular weight excluding hydrogens is 446 g/mol. The average Bonchev–Trinajstić information content (AvgIpc) is 3.10. The minimum Gasteiger partial charge on any atom is -0.385 e. The third kappa shape index (κ3) is 6.40. The number of halogens is 2. The van der Waals surface area contributed by atoms with E-state index in [4.69, 9.17) is 10.00 Å². The van der Waals surface area contributed by atoms with Crippen LogP contribution < -0.4 is 10.6 Å².